The minimum Gasteiger partial charge on any atom is -0.444 e. The van der Waals surface area contributed by atoms with Gasteiger partial charge in [-0.2, -0.15) is 0 Å². The van der Waals surface area contributed by atoms with Crippen LogP contribution in [0, 0.1) is 17.4 Å². The molecule has 1 amide bonds. The first-order valence-corrected chi connectivity index (χ1v) is 10.0. The van der Waals surface area contributed by atoms with Crippen molar-refractivity contribution in [1.29, 1.82) is 0 Å². The molecule has 0 spiro atoms. The molecule has 0 bridgehead atoms. The predicted octanol–water partition coefficient (Wildman–Crippen LogP) is 3.12. The van der Waals surface area contributed by atoms with Gasteiger partial charge in [-0.15, -0.1) is 11.5 Å². The number of ether oxygens (including phenoxy) is 1. The summed E-state index contributed by atoms with van der Waals surface area (Å²) in [6, 6.07) is 0. The molecule has 0 unspecified atom stereocenters. The van der Waals surface area contributed by atoms with E-state index in [4.69, 9.17) is 4.74 Å². The highest BCUT2D eigenvalue weighted by atomic mass is 28.3. The number of hydrogen-bond donors (Lipinski definition) is 0. The van der Waals surface area contributed by atoms with Gasteiger partial charge in [0.1, 0.15) is 13.7 Å². The number of carbonyl (C=O) groups excluding carboxylic acids is 1. The topological polar surface area (TPSA) is 29.5 Å². The molecule has 102 valence electrons. The van der Waals surface area contributed by atoms with E-state index in [1.54, 1.807) is 4.90 Å². The van der Waals surface area contributed by atoms with Crippen LogP contribution in [-0.2, 0) is 4.74 Å². The second-order valence-corrected chi connectivity index (χ2v) is 11.8. The van der Waals surface area contributed by atoms with Crippen LogP contribution in [0.3, 0.4) is 0 Å². The maximum Gasteiger partial charge on any atom is 0.410 e. The normalized spacial score (nSPS) is 16.7. The molecule has 0 aliphatic carbocycles. The summed E-state index contributed by atoms with van der Waals surface area (Å²) in [6.07, 6.45) is 0.709. The van der Waals surface area contributed by atoms with Crippen LogP contribution in [-0.4, -0.2) is 37.8 Å². The van der Waals surface area contributed by atoms with Gasteiger partial charge in [0.05, 0.1) is 0 Å². The van der Waals surface area contributed by atoms with E-state index < -0.39 is 13.7 Å². The lowest BCUT2D eigenvalue weighted by Crippen LogP contribution is -2.51. The van der Waals surface area contributed by atoms with Gasteiger partial charge in [-0.1, -0.05) is 19.6 Å². The predicted molar refractivity (Wildman–Crippen MR) is 77.0 cm³/mol. The zero-order valence-corrected chi connectivity index (χ0v) is 13.5. The van der Waals surface area contributed by atoms with E-state index in [0.717, 1.165) is 19.5 Å². The van der Waals surface area contributed by atoms with Gasteiger partial charge in [0.15, 0.2) is 0 Å². The first kappa shape index (κ1) is 15.1. The number of likely N-dealkylation sites (tertiary alicyclic amines) is 1. The van der Waals surface area contributed by atoms with Crippen molar-refractivity contribution in [3.63, 3.8) is 0 Å². The second kappa shape index (κ2) is 5.36. The molecule has 0 aromatic carbocycles. The molecular formula is C14H25NO2Si. The Bertz CT molecular complexity index is 362. The second-order valence-electron chi connectivity index (χ2n) is 7.01. The molecule has 0 aromatic rings. The Morgan fingerprint density at radius 1 is 1.33 bits per heavy atom. The summed E-state index contributed by atoms with van der Waals surface area (Å²) in [5.41, 5.74) is 2.95. The third kappa shape index (κ3) is 5.59. The van der Waals surface area contributed by atoms with Gasteiger partial charge in [-0.05, 0) is 20.8 Å². The lowest BCUT2D eigenvalue weighted by atomic mass is 9.97. The first-order valence-electron chi connectivity index (χ1n) is 6.55. The van der Waals surface area contributed by atoms with Crippen molar-refractivity contribution >= 4 is 14.2 Å². The van der Waals surface area contributed by atoms with E-state index in [9.17, 15) is 4.79 Å². The summed E-state index contributed by atoms with van der Waals surface area (Å²) in [6.45, 7) is 14.0. The van der Waals surface area contributed by atoms with Crippen LogP contribution in [0.4, 0.5) is 4.79 Å². The average Bonchev–Trinajstić information content (AvgIpc) is 2.03. The third-order valence-corrected chi connectivity index (χ3v) is 3.39. The molecule has 0 atom stereocenters. The monoisotopic (exact) mass is 267 g/mol. The molecule has 1 rings (SSSR count). The van der Waals surface area contributed by atoms with Crippen molar-refractivity contribution in [3.8, 4) is 11.5 Å². The Hall–Kier alpha value is -0.953. The SMILES string of the molecule is CC(C)(C)OC(=O)N1CC(CC#C[Si](C)(C)C)C1. The van der Waals surface area contributed by atoms with Gasteiger partial charge in [0.25, 0.3) is 0 Å². The summed E-state index contributed by atoms with van der Waals surface area (Å²) < 4.78 is 5.31. The van der Waals surface area contributed by atoms with Crippen LogP contribution >= 0.6 is 0 Å². The lowest BCUT2D eigenvalue weighted by molar-refractivity contribution is -0.000235. The number of carbonyl (C=O) groups is 1. The number of amides is 1. The van der Waals surface area contributed by atoms with Crippen LogP contribution in [0.5, 0.6) is 0 Å². The van der Waals surface area contributed by atoms with E-state index in [0.29, 0.717) is 5.92 Å². The number of nitrogens with zero attached hydrogens (tertiary/aromatic N) is 1. The van der Waals surface area contributed by atoms with E-state index in [2.05, 4.69) is 31.1 Å². The molecule has 1 fully saturated rings. The van der Waals surface area contributed by atoms with E-state index >= 15 is 0 Å². The molecule has 3 nitrogen and oxygen atoms in total. The van der Waals surface area contributed by atoms with E-state index in [1.165, 1.54) is 0 Å². The van der Waals surface area contributed by atoms with Crippen molar-refractivity contribution < 1.29 is 9.53 Å². The third-order valence-electron chi connectivity index (χ3n) is 2.46. The van der Waals surface area contributed by atoms with Crippen molar-refractivity contribution in [2.24, 2.45) is 5.92 Å². The van der Waals surface area contributed by atoms with Gasteiger partial charge in [-0.25, -0.2) is 4.79 Å². The van der Waals surface area contributed by atoms with Gasteiger partial charge in [0, 0.05) is 25.4 Å². The highest BCUT2D eigenvalue weighted by Crippen LogP contribution is 2.21. The zero-order valence-electron chi connectivity index (χ0n) is 12.5. The number of hydrogen-bond acceptors (Lipinski definition) is 2. The molecule has 18 heavy (non-hydrogen) atoms. The van der Waals surface area contributed by atoms with Gasteiger partial charge in [-0.3, -0.25) is 0 Å². The maximum atomic E-state index is 11.7. The summed E-state index contributed by atoms with van der Waals surface area (Å²) in [7, 11) is -1.25. The minimum absolute atomic E-state index is 0.197. The van der Waals surface area contributed by atoms with Crippen molar-refractivity contribution in [2.45, 2.75) is 52.4 Å². The lowest BCUT2D eigenvalue weighted by Gasteiger charge is -2.39. The standard InChI is InChI=1S/C14H25NO2Si/c1-14(2,3)17-13(16)15-10-12(11-15)8-7-9-18(4,5)6/h12H,8,10-11H2,1-6H3. The molecular weight excluding hydrogens is 242 g/mol. The minimum atomic E-state index is -1.25. The average molecular weight is 267 g/mol. The van der Waals surface area contributed by atoms with Crippen LogP contribution in [0.2, 0.25) is 19.6 Å². The molecule has 4 heteroatoms. The van der Waals surface area contributed by atoms with E-state index in [-0.39, 0.29) is 6.09 Å². The fourth-order valence-corrected chi connectivity index (χ4v) is 2.27. The zero-order chi connectivity index (χ0) is 14.0. The Kier molecular flexibility index (Phi) is 4.49. The van der Waals surface area contributed by atoms with Crippen LogP contribution < -0.4 is 0 Å². The molecule has 1 aliphatic heterocycles. The molecule has 1 saturated heterocycles. The fraction of sp³-hybridized carbons (Fsp3) is 0.786. The van der Waals surface area contributed by atoms with Crippen LogP contribution in [0.1, 0.15) is 27.2 Å². The maximum absolute atomic E-state index is 11.7. The smallest absolute Gasteiger partial charge is 0.410 e. The summed E-state index contributed by atoms with van der Waals surface area (Å²) in [4.78, 5) is 13.5. The molecule has 0 aromatic heterocycles. The number of rotatable bonds is 1. The Morgan fingerprint density at radius 3 is 2.33 bits per heavy atom. The van der Waals surface area contributed by atoms with Crippen molar-refractivity contribution in [3.05, 3.63) is 0 Å². The van der Waals surface area contributed by atoms with Crippen LogP contribution in [0.15, 0.2) is 0 Å². The molecule has 0 radical (unpaired) electrons. The van der Waals surface area contributed by atoms with Gasteiger partial charge in [0.2, 0.25) is 0 Å². The van der Waals surface area contributed by atoms with Gasteiger partial charge >= 0.3 is 6.09 Å². The summed E-state index contributed by atoms with van der Waals surface area (Å²) in [5.74, 6) is 3.80. The van der Waals surface area contributed by atoms with Crippen molar-refractivity contribution in [2.75, 3.05) is 13.1 Å². The largest absolute Gasteiger partial charge is 0.444 e. The Labute approximate surface area is 112 Å². The van der Waals surface area contributed by atoms with Crippen LogP contribution in [0.25, 0.3) is 0 Å². The molecule has 0 N–H and O–H groups in total. The Balaban J connectivity index is 2.28. The van der Waals surface area contributed by atoms with Gasteiger partial charge < -0.3 is 9.64 Å². The highest BCUT2D eigenvalue weighted by molar-refractivity contribution is 6.83. The van der Waals surface area contributed by atoms with Crippen molar-refractivity contribution in [1.82, 2.24) is 4.90 Å². The summed E-state index contributed by atoms with van der Waals surface area (Å²) in [5, 5.41) is 0. The molecule has 0 saturated carbocycles. The van der Waals surface area contributed by atoms with E-state index in [1.807, 2.05) is 20.8 Å². The highest BCUT2D eigenvalue weighted by Gasteiger charge is 2.32. The molecule has 1 heterocycles. The molecule has 1 aliphatic rings. The summed E-state index contributed by atoms with van der Waals surface area (Å²) >= 11 is 0. The Morgan fingerprint density at radius 2 is 1.89 bits per heavy atom. The first-order chi connectivity index (χ1) is 8.07. The fourth-order valence-electron chi connectivity index (χ4n) is 1.64. The quantitative estimate of drug-likeness (QED) is 0.539.